The number of ketones is 1. The van der Waals surface area contributed by atoms with Crippen molar-refractivity contribution in [1.82, 2.24) is 9.55 Å². The first-order valence-electron chi connectivity index (χ1n) is 8.63. The minimum absolute atomic E-state index is 0.0401. The SMILES string of the molecule is CC(C)(C)C(=O)CSc1nc2ccccc2c(=O)n1C[C@@H]1CCCO1. The van der Waals surface area contributed by atoms with E-state index in [4.69, 9.17) is 4.74 Å². The van der Waals surface area contributed by atoms with E-state index in [1.54, 1.807) is 10.6 Å². The topological polar surface area (TPSA) is 61.2 Å². The van der Waals surface area contributed by atoms with Crippen LogP contribution < -0.4 is 5.56 Å². The van der Waals surface area contributed by atoms with Gasteiger partial charge in [-0.2, -0.15) is 0 Å². The first-order valence-corrected chi connectivity index (χ1v) is 9.62. The third-order valence-electron chi connectivity index (χ3n) is 4.41. The molecular formula is C19H24N2O3S. The predicted octanol–water partition coefficient (Wildman–Crippen LogP) is 3.28. The van der Waals surface area contributed by atoms with Gasteiger partial charge in [0.15, 0.2) is 5.16 Å². The minimum Gasteiger partial charge on any atom is -0.376 e. The summed E-state index contributed by atoms with van der Waals surface area (Å²) in [4.78, 5) is 29.9. The van der Waals surface area contributed by atoms with Crippen LogP contribution in [0.15, 0.2) is 34.2 Å². The second-order valence-corrected chi connectivity index (χ2v) is 8.37. The van der Waals surface area contributed by atoms with E-state index >= 15 is 0 Å². The lowest BCUT2D eigenvalue weighted by molar-refractivity contribution is -0.123. The molecule has 2 aromatic rings. The van der Waals surface area contributed by atoms with Gasteiger partial charge in [-0.1, -0.05) is 44.7 Å². The molecule has 0 bridgehead atoms. The second kappa shape index (κ2) is 7.30. The highest BCUT2D eigenvalue weighted by Gasteiger charge is 2.24. The van der Waals surface area contributed by atoms with Gasteiger partial charge in [0.1, 0.15) is 5.78 Å². The second-order valence-electron chi connectivity index (χ2n) is 7.42. The number of carbonyl (C=O) groups excluding carboxylic acids is 1. The van der Waals surface area contributed by atoms with Crippen molar-refractivity contribution in [2.45, 2.75) is 51.4 Å². The highest BCUT2D eigenvalue weighted by Crippen LogP contribution is 2.24. The van der Waals surface area contributed by atoms with Gasteiger partial charge in [0.25, 0.3) is 5.56 Å². The van der Waals surface area contributed by atoms with Crippen molar-refractivity contribution in [3.05, 3.63) is 34.6 Å². The number of benzene rings is 1. The fraction of sp³-hybridized carbons (Fsp3) is 0.526. The maximum absolute atomic E-state index is 12.9. The van der Waals surface area contributed by atoms with E-state index in [9.17, 15) is 9.59 Å². The lowest BCUT2D eigenvalue weighted by Gasteiger charge is -2.18. The molecule has 1 saturated heterocycles. The monoisotopic (exact) mass is 360 g/mol. The molecule has 0 amide bonds. The normalized spacial score (nSPS) is 18.0. The number of fused-ring (bicyclic) bond motifs is 1. The van der Waals surface area contributed by atoms with Gasteiger partial charge in [-0.25, -0.2) is 4.98 Å². The Hall–Kier alpha value is -1.66. The third kappa shape index (κ3) is 4.12. The van der Waals surface area contributed by atoms with E-state index in [1.807, 2.05) is 39.0 Å². The summed E-state index contributed by atoms with van der Waals surface area (Å²) in [5.41, 5.74) is 0.206. The standard InChI is InChI=1S/C19H24N2O3S/c1-19(2,3)16(22)12-25-18-20-15-9-5-4-8-14(15)17(23)21(18)11-13-7-6-10-24-13/h4-5,8-9,13H,6-7,10-12H2,1-3H3/t13-/m0/s1. The van der Waals surface area contributed by atoms with Crippen LogP contribution in [0, 0.1) is 5.41 Å². The molecule has 1 aromatic heterocycles. The molecule has 0 radical (unpaired) electrons. The zero-order valence-electron chi connectivity index (χ0n) is 14.9. The average molecular weight is 360 g/mol. The number of carbonyl (C=O) groups is 1. The van der Waals surface area contributed by atoms with Crippen molar-refractivity contribution in [3.8, 4) is 0 Å². The van der Waals surface area contributed by atoms with Gasteiger partial charge in [-0.15, -0.1) is 0 Å². The van der Waals surface area contributed by atoms with Crippen molar-refractivity contribution in [1.29, 1.82) is 0 Å². The number of para-hydroxylation sites is 1. The Morgan fingerprint density at radius 2 is 2.12 bits per heavy atom. The van der Waals surface area contributed by atoms with Gasteiger partial charge >= 0.3 is 0 Å². The summed E-state index contributed by atoms with van der Waals surface area (Å²) in [5, 5.41) is 1.20. The Bertz CT molecular complexity index is 833. The number of hydrogen-bond donors (Lipinski definition) is 0. The number of rotatable bonds is 5. The number of aromatic nitrogens is 2. The van der Waals surface area contributed by atoms with Crippen molar-refractivity contribution < 1.29 is 9.53 Å². The molecule has 5 nitrogen and oxygen atoms in total. The molecule has 1 fully saturated rings. The van der Waals surface area contributed by atoms with Crippen LogP contribution in [0.2, 0.25) is 0 Å². The molecule has 0 N–H and O–H groups in total. The Morgan fingerprint density at radius 3 is 2.80 bits per heavy atom. The largest absolute Gasteiger partial charge is 0.376 e. The highest BCUT2D eigenvalue weighted by molar-refractivity contribution is 7.99. The maximum atomic E-state index is 12.9. The van der Waals surface area contributed by atoms with Gasteiger partial charge in [-0.05, 0) is 25.0 Å². The summed E-state index contributed by atoms with van der Waals surface area (Å²) in [5.74, 6) is 0.448. The molecule has 25 heavy (non-hydrogen) atoms. The van der Waals surface area contributed by atoms with Gasteiger partial charge in [0, 0.05) is 12.0 Å². The lowest BCUT2D eigenvalue weighted by Crippen LogP contribution is -2.29. The third-order valence-corrected chi connectivity index (χ3v) is 5.38. The van der Waals surface area contributed by atoms with E-state index in [-0.39, 0.29) is 17.4 Å². The summed E-state index contributed by atoms with van der Waals surface area (Å²) in [7, 11) is 0. The van der Waals surface area contributed by atoms with E-state index in [1.165, 1.54) is 11.8 Å². The number of thioether (sulfide) groups is 1. The van der Waals surface area contributed by atoms with Crippen molar-refractivity contribution in [3.63, 3.8) is 0 Å². The zero-order chi connectivity index (χ0) is 18.0. The van der Waals surface area contributed by atoms with Gasteiger partial charge < -0.3 is 4.74 Å². The smallest absolute Gasteiger partial charge is 0.262 e. The summed E-state index contributed by atoms with van der Waals surface area (Å²) >= 11 is 1.34. The number of nitrogens with zero attached hydrogens (tertiary/aromatic N) is 2. The number of hydrogen-bond acceptors (Lipinski definition) is 5. The average Bonchev–Trinajstić information content (AvgIpc) is 3.08. The van der Waals surface area contributed by atoms with Gasteiger partial charge in [0.05, 0.1) is 29.3 Å². The molecule has 0 saturated carbocycles. The molecule has 0 spiro atoms. The van der Waals surface area contributed by atoms with Crippen molar-refractivity contribution in [2.75, 3.05) is 12.4 Å². The molecule has 0 aliphatic carbocycles. The summed E-state index contributed by atoms with van der Waals surface area (Å²) < 4.78 is 7.37. The van der Waals surface area contributed by atoms with Crippen LogP contribution in [-0.2, 0) is 16.1 Å². The van der Waals surface area contributed by atoms with Gasteiger partial charge in [-0.3, -0.25) is 14.2 Å². The van der Waals surface area contributed by atoms with E-state index < -0.39 is 5.41 Å². The van der Waals surface area contributed by atoms with Crippen LogP contribution in [0.25, 0.3) is 10.9 Å². The van der Waals surface area contributed by atoms with Crippen LogP contribution >= 0.6 is 11.8 Å². The van der Waals surface area contributed by atoms with Crippen LogP contribution in [0.5, 0.6) is 0 Å². The Kier molecular flexibility index (Phi) is 5.29. The summed E-state index contributed by atoms with van der Waals surface area (Å²) in [6.07, 6.45) is 2.01. The van der Waals surface area contributed by atoms with Gasteiger partial charge in [0.2, 0.25) is 0 Å². The highest BCUT2D eigenvalue weighted by atomic mass is 32.2. The maximum Gasteiger partial charge on any atom is 0.262 e. The van der Waals surface area contributed by atoms with Crippen molar-refractivity contribution in [2.24, 2.45) is 5.41 Å². The number of Topliss-reactive ketones (excluding diaryl/α,β-unsaturated/α-hetero) is 1. The molecule has 0 unspecified atom stereocenters. The summed E-state index contributed by atoms with van der Waals surface area (Å²) in [6, 6.07) is 7.35. The van der Waals surface area contributed by atoms with E-state index in [0.29, 0.717) is 28.4 Å². The fourth-order valence-electron chi connectivity index (χ4n) is 2.76. The van der Waals surface area contributed by atoms with Crippen molar-refractivity contribution >= 4 is 28.4 Å². The lowest BCUT2D eigenvalue weighted by atomic mass is 9.92. The Balaban J connectivity index is 1.96. The first kappa shape index (κ1) is 18.1. The molecule has 1 aliphatic rings. The molecule has 2 heterocycles. The van der Waals surface area contributed by atoms with E-state index in [2.05, 4.69) is 4.98 Å². The number of ether oxygens (including phenoxy) is 1. The van der Waals surface area contributed by atoms with Crippen LogP contribution in [0.3, 0.4) is 0 Å². The minimum atomic E-state index is -0.399. The Morgan fingerprint density at radius 1 is 1.36 bits per heavy atom. The molecule has 3 rings (SSSR count). The predicted molar refractivity (Wildman–Crippen MR) is 100 cm³/mol. The molecule has 1 atom stereocenters. The quantitative estimate of drug-likeness (QED) is 0.605. The molecular weight excluding hydrogens is 336 g/mol. The van der Waals surface area contributed by atoms with Crippen LogP contribution in [-0.4, -0.2) is 33.8 Å². The molecule has 1 aromatic carbocycles. The Labute approximate surface area is 151 Å². The van der Waals surface area contributed by atoms with Crippen LogP contribution in [0.1, 0.15) is 33.6 Å². The summed E-state index contributed by atoms with van der Waals surface area (Å²) in [6.45, 7) is 6.95. The zero-order valence-corrected chi connectivity index (χ0v) is 15.8. The first-order chi connectivity index (χ1) is 11.9. The molecule has 1 aliphatic heterocycles. The van der Waals surface area contributed by atoms with Crippen LogP contribution in [0.4, 0.5) is 0 Å². The van der Waals surface area contributed by atoms with E-state index in [0.717, 1.165) is 19.4 Å². The molecule has 6 heteroatoms. The fourth-order valence-corrected chi connectivity index (χ4v) is 3.93. The molecule has 134 valence electrons.